The van der Waals surface area contributed by atoms with E-state index >= 15 is 0 Å². The smallest absolute Gasteiger partial charge is 0.119 e. The van der Waals surface area contributed by atoms with Crippen LogP contribution in [0.2, 0.25) is 0 Å². The molecule has 0 saturated heterocycles. The monoisotopic (exact) mass is 390 g/mol. The average molecular weight is 391 g/mol. The number of hydrogen-bond acceptors (Lipinski definition) is 3. The minimum absolute atomic E-state index is 0.0743. The van der Waals surface area contributed by atoms with E-state index in [4.69, 9.17) is 10.5 Å². The van der Waals surface area contributed by atoms with Gasteiger partial charge in [-0.05, 0) is 47.4 Å². The third-order valence-electron chi connectivity index (χ3n) is 4.04. The molecule has 3 nitrogen and oxygen atoms in total. The maximum atomic E-state index is 5.96. The first-order valence-electron chi connectivity index (χ1n) is 8.22. The van der Waals surface area contributed by atoms with Gasteiger partial charge < -0.3 is 10.5 Å². The van der Waals surface area contributed by atoms with Crippen molar-refractivity contribution in [2.45, 2.75) is 26.9 Å². The Morgan fingerprint density at radius 3 is 2.25 bits per heavy atom. The van der Waals surface area contributed by atoms with Crippen LogP contribution in [0, 0.1) is 5.41 Å². The second-order valence-electron chi connectivity index (χ2n) is 6.99. The largest absolute Gasteiger partial charge is 0.497 e. The Labute approximate surface area is 153 Å². The summed E-state index contributed by atoms with van der Waals surface area (Å²) in [5, 5.41) is 0. The molecule has 2 rings (SSSR count). The van der Waals surface area contributed by atoms with E-state index in [0.29, 0.717) is 6.54 Å². The molecule has 0 aliphatic heterocycles. The summed E-state index contributed by atoms with van der Waals surface area (Å²) in [5.41, 5.74) is 8.57. The molecular formula is C20H27BrN2O. The summed E-state index contributed by atoms with van der Waals surface area (Å²) in [7, 11) is 1.70. The van der Waals surface area contributed by atoms with E-state index in [1.54, 1.807) is 7.11 Å². The molecule has 4 heteroatoms. The lowest BCUT2D eigenvalue weighted by Gasteiger charge is -2.32. The predicted molar refractivity (Wildman–Crippen MR) is 104 cm³/mol. The average Bonchev–Trinajstić information content (AvgIpc) is 2.54. The highest BCUT2D eigenvalue weighted by atomic mass is 79.9. The summed E-state index contributed by atoms with van der Waals surface area (Å²) in [6.07, 6.45) is 0. The highest BCUT2D eigenvalue weighted by Gasteiger charge is 2.21. The van der Waals surface area contributed by atoms with Crippen molar-refractivity contribution in [1.29, 1.82) is 0 Å². The van der Waals surface area contributed by atoms with Gasteiger partial charge in [0.1, 0.15) is 5.75 Å². The van der Waals surface area contributed by atoms with Gasteiger partial charge in [-0.3, -0.25) is 4.90 Å². The second kappa shape index (κ2) is 8.65. The zero-order valence-corrected chi connectivity index (χ0v) is 16.3. The van der Waals surface area contributed by atoms with Gasteiger partial charge in [-0.25, -0.2) is 0 Å². The van der Waals surface area contributed by atoms with Crippen molar-refractivity contribution in [3.05, 3.63) is 64.1 Å². The van der Waals surface area contributed by atoms with Gasteiger partial charge in [0.15, 0.2) is 0 Å². The first-order chi connectivity index (χ1) is 11.4. The van der Waals surface area contributed by atoms with E-state index in [1.165, 1.54) is 11.1 Å². The molecule has 0 amide bonds. The minimum atomic E-state index is 0.0743. The first kappa shape index (κ1) is 19.0. The standard InChI is InChI=1S/C20H27BrN2O/c1-20(2,14-22)15-23(12-16-6-4-8-18(21)10-16)13-17-7-5-9-19(11-17)24-3/h4-11H,12-15,22H2,1-3H3. The normalized spacial score (nSPS) is 11.8. The lowest BCUT2D eigenvalue weighted by molar-refractivity contribution is 0.168. The van der Waals surface area contributed by atoms with Crippen molar-refractivity contribution < 1.29 is 4.74 Å². The van der Waals surface area contributed by atoms with Crippen LogP contribution in [0.4, 0.5) is 0 Å². The highest BCUT2D eigenvalue weighted by molar-refractivity contribution is 9.10. The maximum absolute atomic E-state index is 5.96. The Kier molecular flexibility index (Phi) is 6.84. The molecule has 2 N–H and O–H groups in total. The fourth-order valence-electron chi connectivity index (χ4n) is 2.76. The van der Waals surface area contributed by atoms with Crippen molar-refractivity contribution in [2.24, 2.45) is 11.1 Å². The lowest BCUT2D eigenvalue weighted by Crippen LogP contribution is -2.38. The fourth-order valence-corrected chi connectivity index (χ4v) is 3.21. The predicted octanol–water partition coefficient (Wildman–Crippen LogP) is 4.44. The van der Waals surface area contributed by atoms with Crippen LogP contribution in [0.5, 0.6) is 5.75 Å². The minimum Gasteiger partial charge on any atom is -0.497 e. The third kappa shape index (κ3) is 5.93. The van der Waals surface area contributed by atoms with Gasteiger partial charge in [0.2, 0.25) is 0 Å². The number of nitrogens with zero attached hydrogens (tertiary/aromatic N) is 1. The van der Waals surface area contributed by atoms with Crippen molar-refractivity contribution >= 4 is 15.9 Å². The number of benzene rings is 2. The molecule has 0 spiro atoms. The second-order valence-corrected chi connectivity index (χ2v) is 7.91. The summed E-state index contributed by atoms with van der Waals surface area (Å²) < 4.78 is 6.46. The van der Waals surface area contributed by atoms with Gasteiger partial charge >= 0.3 is 0 Å². The molecule has 0 aliphatic carbocycles. The molecule has 0 aromatic heterocycles. The summed E-state index contributed by atoms with van der Waals surface area (Å²) >= 11 is 3.56. The zero-order chi connectivity index (χ0) is 17.6. The molecule has 0 bridgehead atoms. The third-order valence-corrected chi connectivity index (χ3v) is 4.53. The van der Waals surface area contributed by atoms with Crippen LogP contribution >= 0.6 is 15.9 Å². The summed E-state index contributed by atoms with van der Waals surface area (Å²) in [6, 6.07) is 16.7. The van der Waals surface area contributed by atoms with Crippen LogP contribution in [0.1, 0.15) is 25.0 Å². The van der Waals surface area contributed by atoms with E-state index in [1.807, 2.05) is 12.1 Å². The zero-order valence-electron chi connectivity index (χ0n) is 14.8. The van der Waals surface area contributed by atoms with Crippen LogP contribution in [-0.4, -0.2) is 25.1 Å². The van der Waals surface area contributed by atoms with Crippen molar-refractivity contribution in [1.82, 2.24) is 4.90 Å². The van der Waals surface area contributed by atoms with Gasteiger partial charge in [0.25, 0.3) is 0 Å². The Hall–Kier alpha value is -1.36. The van der Waals surface area contributed by atoms with Gasteiger partial charge in [-0.15, -0.1) is 0 Å². The van der Waals surface area contributed by atoms with Gasteiger partial charge in [-0.2, -0.15) is 0 Å². The Morgan fingerprint density at radius 1 is 1.04 bits per heavy atom. The summed E-state index contributed by atoms with van der Waals surface area (Å²) in [6.45, 7) is 7.79. The molecular weight excluding hydrogens is 364 g/mol. The van der Waals surface area contributed by atoms with Crippen LogP contribution in [0.15, 0.2) is 53.0 Å². The molecule has 130 valence electrons. The molecule has 0 radical (unpaired) electrons. The van der Waals surface area contributed by atoms with Crippen LogP contribution in [-0.2, 0) is 13.1 Å². The Bertz CT molecular complexity index is 658. The number of ether oxygens (including phenoxy) is 1. The van der Waals surface area contributed by atoms with Crippen molar-refractivity contribution in [3.8, 4) is 5.75 Å². The van der Waals surface area contributed by atoms with Crippen molar-refractivity contribution in [2.75, 3.05) is 20.2 Å². The number of nitrogens with two attached hydrogens (primary N) is 1. The van der Waals surface area contributed by atoms with E-state index in [9.17, 15) is 0 Å². The van der Waals surface area contributed by atoms with E-state index < -0.39 is 0 Å². The van der Waals surface area contributed by atoms with Gasteiger partial charge in [-0.1, -0.05) is 54.0 Å². The van der Waals surface area contributed by atoms with E-state index in [0.717, 1.165) is 29.9 Å². The number of hydrogen-bond donors (Lipinski definition) is 1. The molecule has 2 aromatic rings. The molecule has 0 heterocycles. The van der Waals surface area contributed by atoms with E-state index in [-0.39, 0.29) is 5.41 Å². The number of halogens is 1. The van der Waals surface area contributed by atoms with Crippen molar-refractivity contribution in [3.63, 3.8) is 0 Å². The molecule has 0 saturated carbocycles. The topological polar surface area (TPSA) is 38.5 Å². The summed E-state index contributed by atoms with van der Waals surface area (Å²) in [5.74, 6) is 0.896. The quantitative estimate of drug-likeness (QED) is 0.723. The van der Waals surface area contributed by atoms with Crippen LogP contribution in [0.25, 0.3) is 0 Å². The first-order valence-corrected chi connectivity index (χ1v) is 9.01. The van der Waals surface area contributed by atoms with Gasteiger partial charge in [0.05, 0.1) is 7.11 Å². The molecule has 0 unspecified atom stereocenters. The fraction of sp³-hybridized carbons (Fsp3) is 0.400. The molecule has 24 heavy (non-hydrogen) atoms. The maximum Gasteiger partial charge on any atom is 0.119 e. The van der Waals surface area contributed by atoms with Crippen LogP contribution < -0.4 is 10.5 Å². The number of methoxy groups -OCH3 is 1. The Morgan fingerprint density at radius 2 is 1.67 bits per heavy atom. The van der Waals surface area contributed by atoms with Gasteiger partial charge in [0, 0.05) is 24.1 Å². The lowest BCUT2D eigenvalue weighted by atomic mass is 9.92. The highest BCUT2D eigenvalue weighted by Crippen LogP contribution is 2.22. The van der Waals surface area contributed by atoms with Crippen LogP contribution in [0.3, 0.4) is 0 Å². The Balaban J connectivity index is 2.18. The number of rotatable bonds is 8. The molecule has 0 aliphatic rings. The van der Waals surface area contributed by atoms with E-state index in [2.05, 4.69) is 71.1 Å². The summed E-state index contributed by atoms with van der Waals surface area (Å²) in [4.78, 5) is 2.45. The molecule has 2 aromatic carbocycles. The molecule has 0 atom stereocenters. The SMILES string of the molecule is COc1cccc(CN(Cc2cccc(Br)c2)CC(C)(C)CN)c1. The molecule has 0 fully saturated rings.